The van der Waals surface area contributed by atoms with Crippen molar-refractivity contribution in [2.75, 3.05) is 43.2 Å². The van der Waals surface area contributed by atoms with E-state index in [1.807, 2.05) is 19.9 Å². The second kappa shape index (κ2) is 13.6. The van der Waals surface area contributed by atoms with Gasteiger partial charge in [0.1, 0.15) is 11.6 Å². The molecule has 3 heterocycles. The van der Waals surface area contributed by atoms with Gasteiger partial charge in [-0.3, -0.25) is 0 Å². The van der Waals surface area contributed by atoms with E-state index in [0.717, 1.165) is 49.2 Å². The fourth-order valence-electron chi connectivity index (χ4n) is 2.92. The Morgan fingerprint density at radius 3 is 1.95 bits per heavy atom. The average molecular weight is 540 g/mol. The number of aromatic nitrogens is 2. The normalized spacial score (nSPS) is 13.3. The topological polar surface area (TPSA) is 116 Å². The number of ether oxygens (including phenoxy) is 1. The molecule has 2 aromatic rings. The zero-order valence-corrected chi connectivity index (χ0v) is 20.1. The first-order valence-corrected chi connectivity index (χ1v) is 10.6. The van der Waals surface area contributed by atoms with E-state index in [2.05, 4.69) is 39.0 Å². The van der Waals surface area contributed by atoms with Crippen LogP contribution in [0.3, 0.4) is 0 Å². The first-order valence-electron chi connectivity index (χ1n) is 10.6. The number of aliphatic carboxylic acids is 2. The third-order valence-corrected chi connectivity index (χ3v) is 4.64. The Kier molecular flexibility index (Phi) is 11.6. The van der Waals surface area contributed by atoms with Gasteiger partial charge in [-0.05, 0) is 32.0 Å². The molecule has 0 bridgehead atoms. The van der Waals surface area contributed by atoms with Crippen molar-refractivity contribution in [1.82, 2.24) is 9.97 Å². The van der Waals surface area contributed by atoms with Crippen LogP contribution in [-0.4, -0.2) is 77.8 Å². The third kappa shape index (κ3) is 10.9. The van der Waals surface area contributed by atoms with E-state index in [-0.39, 0.29) is 0 Å². The summed E-state index contributed by atoms with van der Waals surface area (Å²) in [7, 11) is 1.74. The van der Waals surface area contributed by atoms with Gasteiger partial charge in [-0.25, -0.2) is 19.6 Å². The molecule has 1 aliphatic rings. The standard InChI is InChI=1S/C18H24N4O.2C2HF3O2/c1-14-5-4-6-17(19-14)22-10-9-21(11-12-23-3)18-16(13-22)8-7-15(2)20-18;2*3-2(4,5)1(6)7/h4-8H,9-13H2,1-3H3;2*(H,6,7). The highest BCUT2D eigenvalue weighted by Crippen LogP contribution is 2.26. The number of carbonyl (C=O) groups is 2. The number of anilines is 2. The molecular weight excluding hydrogens is 514 g/mol. The second-order valence-electron chi connectivity index (χ2n) is 7.58. The molecule has 1 aliphatic heterocycles. The molecule has 37 heavy (non-hydrogen) atoms. The van der Waals surface area contributed by atoms with Crippen molar-refractivity contribution in [3.05, 3.63) is 47.3 Å². The van der Waals surface area contributed by atoms with Crippen molar-refractivity contribution >= 4 is 23.6 Å². The number of pyridine rings is 2. The van der Waals surface area contributed by atoms with E-state index < -0.39 is 24.3 Å². The molecule has 2 aromatic heterocycles. The number of hydrogen-bond acceptors (Lipinski definition) is 7. The third-order valence-electron chi connectivity index (χ3n) is 4.64. The summed E-state index contributed by atoms with van der Waals surface area (Å²) in [5.74, 6) is -3.40. The number of aryl methyl sites for hydroxylation is 2. The van der Waals surface area contributed by atoms with E-state index in [4.69, 9.17) is 29.5 Å². The van der Waals surface area contributed by atoms with Crippen molar-refractivity contribution in [2.45, 2.75) is 32.7 Å². The van der Waals surface area contributed by atoms with Crippen LogP contribution in [-0.2, 0) is 20.9 Å². The first-order chi connectivity index (χ1) is 17.1. The lowest BCUT2D eigenvalue weighted by molar-refractivity contribution is -0.193. The van der Waals surface area contributed by atoms with Crippen LogP contribution in [0, 0.1) is 13.8 Å². The van der Waals surface area contributed by atoms with Crippen LogP contribution < -0.4 is 9.80 Å². The fraction of sp³-hybridized carbons (Fsp3) is 0.455. The van der Waals surface area contributed by atoms with Gasteiger partial charge in [-0.2, -0.15) is 26.3 Å². The predicted molar refractivity (Wildman–Crippen MR) is 120 cm³/mol. The Hall–Kier alpha value is -3.62. The minimum atomic E-state index is -5.08. The molecule has 0 aliphatic carbocycles. The summed E-state index contributed by atoms with van der Waals surface area (Å²) in [5, 5.41) is 14.2. The average Bonchev–Trinajstić information content (AvgIpc) is 2.96. The van der Waals surface area contributed by atoms with Crippen molar-refractivity contribution in [3.8, 4) is 0 Å². The summed E-state index contributed by atoms with van der Waals surface area (Å²) in [6, 6.07) is 10.5. The number of halogens is 6. The van der Waals surface area contributed by atoms with Crippen LogP contribution in [0.1, 0.15) is 17.0 Å². The SMILES string of the molecule is COCCN1CCN(c2cccc(C)n2)Cc2ccc(C)nc21.O=C(O)C(F)(F)F.O=C(O)C(F)(F)F. The molecule has 0 spiro atoms. The lowest BCUT2D eigenvalue weighted by Crippen LogP contribution is -2.34. The molecule has 2 N–H and O–H groups in total. The number of nitrogens with zero attached hydrogens (tertiary/aromatic N) is 4. The molecule has 206 valence electrons. The van der Waals surface area contributed by atoms with E-state index in [9.17, 15) is 26.3 Å². The van der Waals surface area contributed by atoms with E-state index in [1.54, 1.807) is 7.11 Å². The highest BCUT2D eigenvalue weighted by atomic mass is 19.4. The van der Waals surface area contributed by atoms with Gasteiger partial charge in [0.2, 0.25) is 0 Å². The largest absolute Gasteiger partial charge is 0.490 e. The van der Waals surface area contributed by atoms with Crippen molar-refractivity contribution in [1.29, 1.82) is 0 Å². The Labute approximate surface area is 208 Å². The highest BCUT2D eigenvalue weighted by molar-refractivity contribution is 5.73. The zero-order valence-electron chi connectivity index (χ0n) is 20.1. The summed E-state index contributed by atoms with van der Waals surface area (Å²) in [6.45, 7) is 8.32. The smallest absolute Gasteiger partial charge is 0.475 e. The molecular formula is C22H26F6N4O5. The van der Waals surface area contributed by atoms with Gasteiger partial charge in [-0.15, -0.1) is 0 Å². The highest BCUT2D eigenvalue weighted by Gasteiger charge is 2.38. The van der Waals surface area contributed by atoms with Gasteiger partial charge in [0.05, 0.1) is 6.61 Å². The molecule has 0 fully saturated rings. The van der Waals surface area contributed by atoms with Crippen molar-refractivity contribution in [2.24, 2.45) is 0 Å². The summed E-state index contributed by atoms with van der Waals surface area (Å²) in [5.41, 5.74) is 3.34. The number of hydrogen-bond donors (Lipinski definition) is 2. The van der Waals surface area contributed by atoms with E-state index in [0.29, 0.717) is 6.61 Å². The lowest BCUT2D eigenvalue weighted by Gasteiger charge is -2.24. The van der Waals surface area contributed by atoms with Gasteiger partial charge in [-0.1, -0.05) is 12.1 Å². The van der Waals surface area contributed by atoms with Crippen LogP contribution in [0.4, 0.5) is 38.0 Å². The van der Waals surface area contributed by atoms with Gasteiger partial charge in [0.25, 0.3) is 0 Å². The lowest BCUT2D eigenvalue weighted by atomic mass is 10.2. The molecule has 0 amide bonds. The van der Waals surface area contributed by atoms with Crippen LogP contribution in [0.5, 0.6) is 0 Å². The van der Waals surface area contributed by atoms with Gasteiger partial charge in [0.15, 0.2) is 0 Å². The minimum absolute atomic E-state index is 0.706. The van der Waals surface area contributed by atoms with Crippen LogP contribution in [0.2, 0.25) is 0 Å². The molecule has 0 aromatic carbocycles. The second-order valence-corrected chi connectivity index (χ2v) is 7.58. The number of rotatable bonds is 4. The summed E-state index contributed by atoms with van der Waals surface area (Å²) in [4.78, 5) is 31.9. The summed E-state index contributed by atoms with van der Waals surface area (Å²) >= 11 is 0. The van der Waals surface area contributed by atoms with Gasteiger partial charge < -0.3 is 24.7 Å². The molecule has 0 saturated heterocycles. The molecule has 3 rings (SSSR count). The van der Waals surface area contributed by atoms with Crippen molar-refractivity contribution in [3.63, 3.8) is 0 Å². The molecule has 0 saturated carbocycles. The summed E-state index contributed by atoms with van der Waals surface area (Å²) < 4.78 is 68.7. The van der Waals surface area contributed by atoms with Gasteiger partial charge in [0, 0.05) is 50.2 Å². The van der Waals surface area contributed by atoms with Crippen LogP contribution >= 0.6 is 0 Å². The fourth-order valence-corrected chi connectivity index (χ4v) is 2.92. The number of fused-ring (bicyclic) bond motifs is 1. The Morgan fingerprint density at radius 1 is 0.919 bits per heavy atom. The first kappa shape index (κ1) is 31.4. The number of alkyl halides is 6. The maximum Gasteiger partial charge on any atom is 0.490 e. The monoisotopic (exact) mass is 540 g/mol. The Bertz CT molecular complexity index is 1020. The number of carboxylic acid groups (broad SMARTS) is 2. The zero-order chi connectivity index (χ0) is 28.4. The van der Waals surface area contributed by atoms with Crippen molar-refractivity contribution < 1.29 is 50.9 Å². The predicted octanol–water partition coefficient (Wildman–Crippen LogP) is 3.83. The van der Waals surface area contributed by atoms with E-state index in [1.165, 1.54) is 5.56 Å². The van der Waals surface area contributed by atoms with Gasteiger partial charge >= 0.3 is 24.3 Å². The van der Waals surface area contributed by atoms with Crippen LogP contribution in [0.25, 0.3) is 0 Å². The minimum Gasteiger partial charge on any atom is -0.475 e. The number of carboxylic acids is 2. The summed E-state index contributed by atoms with van der Waals surface area (Å²) in [6.07, 6.45) is -10.2. The van der Waals surface area contributed by atoms with E-state index >= 15 is 0 Å². The molecule has 9 nitrogen and oxygen atoms in total. The molecule has 0 atom stereocenters. The Balaban J connectivity index is 0.000000404. The quantitative estimate of drug-likeness (QED) is 0.558. The molecule has 0 unspecified atom stereocenters. The Morgan fingerprint density at radius 2 is 1.46 bits per heavy atom. The maximum atomic E-state index is 10.6. The molecule has 15 heteroatoms. The number of methoxy groups -OCH3 is 1. The maximum absolute atomic E-state index is 10.6. The van der Waals surface area contributed by atoms with Crippen LogP contribution in [0.15, 0.2) is 30.3 Å². The molecule has 0 radical (unpaired) electrons.